The highest BCUT2D eigenvalue weighted by atomic mass is 32.1. The number of rotatable bonds is 3. The molecule has 1 aliphatic rings. The lowest BCUT2D eigenvalue weighted by molar-refractivity contribution is -0.139. The average Bonchev–Trinajstić information content (AvgIpc) is 2.88. The van der Waals surface area contributed by atoms with E-state index in [1.807, 2.05) is 19.2 Å². The summed E-state index contributed by atoms with van der Waals surface area (Å²) in [7, 11) is 0. The number of aryl methyl sites for hydroxylation is 1. The van der Waals surface area contributed by atoms with Crippen LogP contribution in [0, 0.1) is 6.92 Å². The van der Waals surface area contributed by atoms with E-state index in [0.717, 1.165) is 23.5 Å². The number of nitrogens with one attached hydrogen (secondary N) is 1. The Labute approximate surface area is 105 Å². The Hall–Kier alpha value is -0.940. The highest BCUT2D eigenvalue weighted by Gasteiger charge is 2.39. The van der Waals surface area contributed by atoms with Gasteiger partial charge in [0.25, 0.3) is 5.91 Å². The smallest absolute Gasteiger partial charge is 0.252 e. The number of hydrogen-bond donors (Lipinski definition) is 2. The van der Waals surface area contributed by atoms with Gasteiger partial charge < -0.3 is 10.4 Å². The summed E-state index contributed by atoms with van der Waals surface area (Å²) in [5, 5.41) is 15.8. The van der Waals surface area contributed by atoms with Gasteiger partial charge in [0.1, 0.15) is 10.6 Å². The number of aliphatic hydroxyl groups is 1. The van der Waals surface area contributed by atoms with Crippen LogP contribution in [0.3, 0.4) is 0 Å². The van der Waals surface area contributed by atoms with E-state index in [0.29, 0.717) is 12.8 Å². The van der Waals surface area contributed by atoms with Crippen molar-refractivity contribution in [2.75, 3.05) is 0 Å². The van der Waals surface area contributed by atoms with Crippen LogP contribution in [0.5, 0.6) is 0 Å². The van der Waals surface area contributed by atoms with Gasteiger partial charge in [-0.3, -0.25) is 4.79 Å². The molecule has 1 unspecified atom stereocenters. The Kier molecular flexibility index (Phi) is 3.49. The Morgan fingerprint density at radius 2 is 2.24 bits per heavy atom. The standard InChI is InChI=1S/C12H18N2O2S/c1-8-7-17-10(13-8)9(2)14-11(15)12(16)5-3-4-6-12/h7,9,16H,3-6H2,1-2H3,(H,14,15). The second-order valence-electron chi connectivity index (χ2n) is 4.76. The van der Waals surface area contributed by atoms with E-state index in [4.69, 9.17) is 0 Å². The zero-order valence-corrected chi connectivity index (χ0v) is 11.0. The molecule has 1 aromatic rings. The Balaban J connectivity index is 1.99. The number of thiazole rings is 1. The van der Waals surface area contributed by atoms with Gasteiger partial charge in [0.15, 0.2) is 0 Å². The quantitative estimate of drug-likeness (QED) is 0.866. The summed E-state index contributed by atoms with van der Waals surface area (Å²) in [6.45, 7) is 3.83. The summed E-state index contributed by atoms with van der Waals surface area (Å²) in [6.07, 6.45) is 2.99. The molecule has 2 rings (SSSR count). The maximum atomic E-state index is 12.0. The van der Waals surface area contributed by atoms with Gasteiger partial charge in [0, 0.05) is 11.1 Å². The highest BCUT2D eigenvalue weighted by molar-refractivity contribution is 7.09. The van der Waals surface area contributed by atoms with Crippen LogP contribution < -0.4 is 5.32 Å². The fourth-order valence-corrected chi connectivity index (χ4v) is 2.95. The van der Waals surface area contributed by atoms with Crippen molar-refractivity contribution in [2.45, 2.75) is 51.2 Å². The van der Waals surface area contributed by atoms with Crippen molar-refractivity contribution in [3.63, 3.8) is 0 Å². The van der Waals surface area contributed by atoms with Gasteiger partial charge in [-0.1, -0.05) is 0 Å². The maximum absolute atomic E-state index is 12.0. The molecule has 1 aliphatic carbocycles. The first-order valence-electron chi connectivity index (χ1n) is 5.97. The van der Waals surface area contributed by atoms with E-state index < -0.39 is 5.60 Å². The maximum Gasteiger partial charge on any atom is 0.252 e. The van der Waals surface area contributed by atoms with E-state index >= 15 is 0 Å². The fraction of sp³-hybridized carbons (Fsp3) is 0.667. The summed E-state index contributed by atoms with van der Waals surface area (Å²) in [6, 6.07) is -0.133. The molecule has 1 fully saturated rings. The fourth-order valence-electron chi connectivity index (χ4n) is 2.15. The third-order valence-electron chi connectivity index (χ3n) is 3.21. The lowest BCUT2D eigenvalue weighted by Crippen LogP contribution is -2.45. The molecular formula is C12H18N2O2S. The molecule has 1 atom stereocenters. The largest absolute Gasteiger partial charge is 0.380 e. The molecule has 0 saturated heterocycles. The third kappa shape index (κ3) is 2.66. The molecule has 0 aliphatic heterocycles. The molecule has 5 heteroatoms. The summed E-state index contributed by atoms with van der Waals surface area (Å²) >= 11 is 1.53. The van der Waals surface area contributed by atoms with Crippen LogP contribution in [0.2, 0.25) is 0 Å². The van der Waals surface area contributed by atoms with Crippen LogP contribution in [0.15, 0.2) is 5.38 Å². The van der Waals surface area contributed by atoms with Crippen LogP contribution in [-0.2, 0) is 4.79 Å². The van der Waals surface area contributed by atoms with Gasteiger partial charge in [0.05, 0.1) is 6.04 Å². The summed E-state index contributed by atoms with van der Waals surface area (Å²) < 4.78 is 0. The molecule has 17 heavy (non-hydrogen) atoms. The Morgan fingerprint density at radius 3 is 2.76 bits per heavy atom. The summed E-state index contributed by atoms with van der Waals surface area (Å²) in [5.74, 6) is -0.254. The van der Waals surface area contributed by atoms with Crippen LogP contribution in [-0.4, -0.2) is 21.6 Å². The van der Waals surface area contributed by atoms with Gasteiger partial charge in [-0.25, -0.2) is 4.98 Å². The molecule has 1 saturated carbocycles. The second-order valence-corrected chi connectivity index (χ2v) is 5.65. The molecule has 4 nitrogen and oxygen atoms in total. The molecular weight excluding hydrogens is 236 g/mol. The van der Waals surface area contributed by atoms with Crippen LogP contribution >= 0.6 is 11.3 Å². The van der Waals surface area contributed by atoms with Crippen molar-refractivity contribution >= 4 is 17.2 Å². The number of hydrogen-bond acceptors (Lipinski definition) is 4. The normalized spacial score (nSPS) is 20.2. The van der Waals surface area contributed by atoms with Crippen molar-refractivity contribution in [1.29, 1.82) is 0 Å². The van der Waals surface area contributed by atoms with Crippen molar-refractivity contribution in [3.05, 3.63) is 16.1 Å². The number of carbonyl (C=O) groups is 1. The molecule has 2 N–H and O–H groups in total. The third-order valence-corrected chi connectivity index (χ3v) is 4.35. The molecule has 1 heterocycles. The molecule has 0 spiro atoms. The van der Waals surface area contributed by atoms with E-state index in [-0.39, 0.29) is 11.9 Å². The molecule has 1 aromatic heterocycles. The van der Waals surface area contributed by atoms with Crippen molar-refractivity contribution in [1.82, 2.24) is 10.3 Å². The minimum atomic E-state index is -1.15. The first kappa shape index (κ1) is 12.5. The minimum Gasteiger partial charge on any atom is -0.380 e. The predicted octanol–water partition coefficient (Wildman–Crippen LogP) is 1.93. The van der Waals surface area contributed by atoms with E-state index in [2.05, 4.69) is 10.3 Å². The number of carbonyl (C=O) groups excluding carboxylic acids is 1. The lowest BCUT2D eigenvalue weighted by Gasteiger charge is -2.23. The summed E-state index contributed by atoms with van der Waals surface area (Å²) in [4.78, 5) is 16.3. The van der Waals surface area contributed by atoms with Crippen LogP contribution in [0.1, 0.15) is 49.4 Å². The zero-order chi connectivity index (χ0) is 12.5. The highest BCUT2D eigenvalue weighted by Crippen LogP contribution is 2.30. The van der Waals surface area contributed by atoms with Gasteiger partial charge in [-0.15, -0.1) is 11.3 Å². The first-order chi connectivity index (χ1) is 8.01. The Bertz CT molecular complexity index is 410. The molecule has 1 amide bonds. The van der Waals surface area contributed by atoms with Crippen molar-refractivity contribution in [3.8, 4) is 0 Å². The van der Waals surface area contributed by atoms with Gasteiger partial charge in [-0.2, -0.15) is 0 Å². The monoisotopic (exact) mass is 254 g/mol. The number of aromatic nitrogens is 1. The van der Waals surface area contributed by atoms with Crippen molar-refractivity contribution < 1.29 is 9.90 Å². The first-order valence-corrected chi connectivity index (χ1v) is 6.84. The van der Waals surface area contributed by atoms with E-state index in [1.54, 1.807) is 0 Å². The van der Waals surface area contributed by atoms with E-state index in [1.165, 1.54) is 11.3 Å². The number of amides is 1. The Morgan fingerprint density at radius 1 is 1.59 bits per heavy atom. The van der Waals surface area contributed by atoms with Crippen LogP contribution in [0.4, 0.5) is 0 Å². The summed E-state index contributed by atoms with van der Waals surface area (Å²) in [5.41, 5.74) is -0.189. The molecule has 94 valence electrons. The zero-order valence-electron chi connectivity index (χ0n) is 10.2. The SMILES string of the molecule is Cc1csc(C(C)NC(=O)C2(O)CCCC2)n1. The minimum absolute atomic E-state index is 0.133. The second kappa shape index (κ2) is 4.74. The molecule has 0 radical (unpaired) electrons. The number of nitrogens with zero attached hydrogens (tertiary/aromatic N) is 1. The molecule has 0 bridgehead atoms. The average molecular weight is 254 g/mol. The topological polar surface area (TPSA) is 62.2 Å². The molecule has 0 aromatic carbocycles. The van der Waals surface area contributed by atoms with Crippen LogP contribution in [0.25, 0.3) is 0 Å². The lowest BCUT2D eigenvalue weighted by atomic mass is 10.0. The van der Waals surface area contributed by atoms with E-state index in [9.17, 15) is 9.90 Å². The van der Waals surface area contributed by atoms with Gasteiger partial charge >= 0.3 is 0 Å². The van der Waals surface area contributed by atoms with Gasteiger partial charge in [-0.05, 0) is 39.5 Å². The van der Waals surface area contributed by atoms with Gasteiger partial charge in [0.2, 0.25) is 0 Å². The van der Waals surface area contributed by atoms with Crippen molar-refractivity contribution in [2.24, 2.45) is 0 Å². The predicted molar refractivity (Wildman–Crippen MR) is 66.8 cm³/mol.